The topological polar surface area (TPSA) is 104 Å². The Morgan fingerprint density at radius 2 is 2.00 bits per heavy atom. The Bertz CT molecular complexity index is 490. The highest BCUT2D eigenvalue weighted by Crippen LogP contribution is 2.13. The van der Waals surface area contributed by atoms with Gasteiger partial charge in [0.2, 0.25) is 0 Å². The minimum absolute atomic E-state index is 0.513. The lowest BCUT2D eigenvalue weighted by Gasteiger charge is -2.07. The van der Waals surface area contributed by atoms with Gasteiger partial charge in [-0.15, -0.1) is 0 Å². The Kier molecular flexibility index (Phi) is 3.68. The van der Waals surface area contributed by atoms with Crippen LogP contribution in [0.15, 0.2) is 15.7 Å². The summed E-state index contributed by atoms with van der Waals surface area (Å²) in [4.78, 5) is 40.1. The van der Waals surface area contributed by atoms with Gasteiger partial charge in [-0.05, 0) is 0 Å². The number of alkyl halides is 3. The zero-order valence-corrected chi connectivity index (χ0v) is 8.05. The van der Waals surface area contributed by atoms with Gasteiger partial charge in [0.1, 0.15) is 5.69 Å². The van der Waals surface area contributed by atoms with Crippen LogP contribution in [0, 0.1) is 0 Å². The van der Waals surface area contributed by atoms with Gasteiger partial charge < -0.3 is 4.98 Å². The standard InChI is InChI=1S/C7H6F3N3O4/c8-7(9,10)2-17-13-5(15)3-1-4(14)12-6(16)11-3/h1H,2H2,(H,13,15)(H2,11,12,14,16). The average Bonchev–Trinajstić information content (AvgIpc) is 2.13. The maximum atomic E-state index is 11.6. The number of hydrogen-bond acceptors (Lipinski definition) is 4. The molecule has 0 unspecified atom stereocenters. The van der Waals surface area contributed by atoms with E-state index in [9.17, 15) is 27.6 Å². The summed E-state index contributed by atoms with van der Waals surface area (Å²) in [5.41, 5.74) is -0.911. The number of hydroxylamine groups is 1. The molecule has 0 atom stereocenters. The van der Waals surface area contributed by atoms with E-state index in [1.165, 1.54) is 5.48 Å². The van der Waals surface area contributed by atoms with Gasteiger partial charge in [-0.25, -0.2) is 10.3 Å². The highest BCUT2D eigenvalue weighted by Gasteiger charge is 2.28. The molecule has 94 valence electrons. The van der Waals surface area contributed by atoms with Crippen molar-refractivity contribution >= 4 is 5.91 Å². The summed E-state index contributed by atoms with van der Waals surface area (Å²) < 4.78 is 34.9. The number of aromatic amines is 2. The van der Waals surface area contributed by atoms with E-state index >= 15 is 0 Å². The third-order valence-electron chi connectivity index (χ3n) is 1.41. The summed E-state index contributed by atoms with van der Waals surface area (Å²) >= 11 is 0. The third-order valence-corrected chi connectivity index (χ3v) is 1.41. The summed E-state index contributed by atoms with van der Waals surface area (Å²) in [5, 5.41) is 0. The normalized spacial score (nSPS) is 11.2. The maximum Gasteiger partial charge on any atom is 0.414 e. The first-order valence-corrected chi connectivity index (χ1v) is 4.10. The predicted molar refractivity (Wildman–Crippen MR) is 47.2 cm³/mol. The first-order valence-electron chi connectivity index (χ1n) is 4.10. The van der Waals surface area contributed by atoms with E-state index in [-0.39, 0.29) is 0 Å². The molecule has 17 heavy (non-hydrogen) atoms. The molecular weight excluding hydrogens is 247 g/mol. The largest absolute Gasteiger partial charge is 0.414 e. The minimum atomic E-state index is -4.60. The van der Waals surface area contributed by atoms with Crippen LogP contribution >= 0.6 is 0 Å². The molecule has 1 rings (SSSR count). The second kappa shape index (κ2) is 4.82. The average molecular weight is 253 g/mol. The molecule has 0 aliphatic heterocycles. The second-order valence-corrected chi connectivity index (χ2v) is 2.84. The van der Waals surface area contributed by atoms with E-state index in [2.05, 4.69) is 4.84 Å². The molecule has 1 aromatic heterocycles. The first kappa shape index (κ1) is 13.0. The quantitative estimate of drug-likeness (QED) is 0.619. The van der Waals surface area contributed by atoms with Crippen LogP contribution in [0.2, 0.25) is 0 Å². The number of halogens is 3. The minimum Gasteiger partial charge on any atom is -0.303 e. The summed E-state index contributed by atoms with van der Waals surface area (Å²) in [5.74, 6) is -1.17. The predicted octanol–water partition coefficient (Wildman–Crippen LogP) is -0.713. The van der Waals surface area contributed by atoms with Gasteiger partial charge in [-0.3, -0.25) is 19.4 Å². The molecule has 1 heterocycles. The van der Waals surface area contributed by atoms with Crippen LogP contribution in [0.25, 0.3) is 0 Å². The van der Waals surface area contributed by atoms with Crippen molar-refractivity contribution in [2.75, 3.05) is 6.61 Å². The maximum absolute atomic E-state index is 11.6. The summed E-state index contributed by atoms with van der Waals surface area (Å²) in [6.07, 6.45) is -4.60. The molecule has 0 aliphatic rings. The zero-order valence-electron chi connectivity index (χ0n) is 8.05. The van der Waals surface area contributed by atoms with E-state index in [1.54, 1.807) is 4.98 Å². The second-order valence-electron chi connectivity index (χ2n) is 2.84. The van der Waals surface area contributed by atoms with E-state index < -0.39 is 35.6 Å². The lowest BCUT2D eigenvalue weighted by Crippen LogP contribution is -2.33. The fraction of sp³-hybridized carbons (Fsp3) is 0.286. The van der Waals surface area contributed by atoms with Crippen LogP contribution in [-0.2, 0) is 4.84 Å². The summed E-state index contributed by atoms with van der Waals surface area (Å²) in [6, 6.07) is 0.702. The highest BCUT2D eigenvalue weighted by molar-refractivity contribution is 5.91. The molecule has 1 aromatic rings. The van der Waals surface area contributed by atoms with Crippen molar-refractivity contribution in [1.29, 1.82) is 0 Å². The number of carbonyl (C=O) groups excluding carboxylic acids is 1. The Morgan fingerprint density at radius 1 is 1.35 bits per heavy atom. The molecular formula is C7H6F3N3O4. The Morgan fingerprint density at radius 3 is 2.53 bits per heavy atom. The summed E-state index contributed by atoms with van der Waals surface area (Å²) in [7, 11) is 0. The third kappa shape index (κ3) is 4.51. The molecule has 10 heteroatoms. The van der Waals surface area contributed by atoms with Gasteiger partial charge in [0.25, 0.3) is 11.5 Å². The van der Waals surface area contributed by atoms with Crippen LogP contribution in [0.4, 0.5) is 13.2 Å². The van der Waals surface area contributed by atoms with E-state index in [1.807, 2.05) is 4.98 Å². The lowest BCUT2D eigenvalue weighted by molar-refractivity contribution is -0.184. The molecule has 0 radical (unpaired) electrons. The Balaban J connectivity index is 2.65. The number of amides is 1. The molecule has 0 spiro atoms. The van der Waals surface area contributed by atoms with Crippen molar-refractivity contribution in [1.82, 2.24) is 15.4 Å². The molecule has 0 fully saturated rings. The van der Waals surface area contributed by atoms with Crippen LogP contribution in [0.1, 0.15) is 10.5 Å². The van der Waals surface area contributed by atoms with E-state index in [0.29, 0.717) is 6.07 Å². The number of H-pyrrole nitrogens is 2. The van der Waals surface area contributed by atoms with Gasteiger partial charge in [-0.2, -0.15) is 13.2 Å². The monoisotopic (exact) mass is 253 g/mol. The van der Waals surface area contributed by atoms with E-state index in [0.717, 1.165) is 0 Å². The molecule has 0 bridgehead atoms. The number of nitrogens with one attached hydrogen (secondary N) is 3. The molecule has 0 aromatic carbocycles. The van der Waals surface area contributed by atoms with Crippen LogP contribution < -0.4 is 16.7 Å². The van der Waals surface area contributed by atoms with Crippen molar-refractivity contribution in [3.8, 4) is 0 Å². The number of carbonyl (C=O) groups is 1. The molecule has 0 saturated carbocycles. The van der Waals surface area contributed by atoms with Crippen molar-refractivity contribution in [2.24, 2.45) is 0 Å². The fourth-order valence-corrected chi connectivity index (χ4v) is 0.829. The molecule has 7 nitrogen and oxygen atoms in total. The number of aromatic nitrogens is 2. The molecule has 0 aliphatic carbocycles. The molecule has 0 saturated heterocycles. The van der Waals surface area contributed by atoms with Gasteiger partial charge in [0.05, 0.1) is 0 Å². The lowest BCUT2D eigenvalue weighted by atomic mass is 10.4. The fourth-order valence-electron chi connectivity index (χ4n) is 0.829. The Hall–Kier alpha value is -2.10. The first-order chi connectivity index (χ1) is 7.78. The van der Waals surface area contributed by atoms with Crippen LogP contribution in [0.5, 0.6) is 0 Å². The van der Waals surface area contributed by atoms with Crippen molar-refractivity contribution < 1.29 is 22.8 Å². The van der Waals surface area contributed by atoms with Crippen LogP contribution in [0.3, 0.4) is 0 Å². The number of hydrogen-bond donors (Lipinski definition) is 3. The Labute approximate surface area is 90.6 Å². The highest BCUT2D eigenvalue weighted by atomic mass is 19.4. The smallest absolute Gasteiger partial charge is 0.303 e. The van der Waals surface area contributed by atoms with Crippen molar-refractivity contribution in [2.45, 2.75) is 6.18 Å². The SMILES string of the molecule is O=C(NOCC(F)(F)F)c1cc(=O)[nH]c(=O)[nH]1. The molecule has 1 amide bonds. The summed E-state index contributed by atoms with van der Waals surface area (Å²) in [6.45, 7) is -1.69. The van der Waals surface area contributed by atoms with Crippen molar-refractivity contribution in [3.63, 3.8) is 0 Å². The van der Waals surface area contributed by atoms with E-state index in [4.69, 9.17) is 0 Å². The zero-order chi connectivity index (χ0) is 13.1. The van der Waals surface area contributed by atoms with Crippen molar-refractivity contribution in [3.05, 3.63) is 32.6 Å². The van der Waals surface area contributed by atoms with Crippen LogP contribution in [-0.4, -0.2) is 28.7 Å². The van der Waals surface area contributed by atoms with Gasteiger partial charge >= 0.3 is 11.9 Å². The van der Waals surface area contributed by atoms with Gasteiger partial charge in [-0.1, -0.05) is 0 Å². The number of rotatable bonds is 3. The molecule has 3 N–H and O–H groups in total. The van der Waals surface area contributed by atoms with Gasteiger partial charge in [0, 0.05) is 6.07 Å². The van der Waals surface area contributed by atoms with Gasteiger partial charge in [0.15, 0.2) is 6.61 Å².